The number of benzene rings is 2. The van der Waals surface area contributed by atoms with E-state index >= 15 is 0 Å². The van der Waals surface area contributed by atoms with E-state index in [0.717, 1.165) is 20.9 Å². The molecule has 0 fully saturated rings. The molecule has 1 heterocycles. The van der Waals surface area contributed by atoms with Crippen molar-refractivity contribution in [2.24, 2.45) is 5.92 Å². The Balaban J connectivity index is 1.69. The van der Waals surface area contributed by atoms with E-state index in [1.165, 1.54) is 5.56 Å². The average Bonchev–Trinajstić information content (AvgIpc) is 3.18. The summed E-state index contributed by atoms with van der Waals surface area (Å²) >= 11 is 5.03. The Kier molecular flexibility index (Phi) is 8.27. The minimum atomic E-state index is 0.0201. The molecule has 0 bridgehead atoms. The normalized spacial score (nSPS) is 11.2. The van der Waals surface area contributed by atoms with Crippen LogP contribution < -0.4 is 4.74 Å². The SMILES string of the molecule is CC(C)CN(Cc1csc(COc2ccccc2C(C)C)n1)C(=O)c1cccc(Br)c1. The van der Waals surface area contributed by atoms with Gasteiger partial charge in [-0.3, -0.25) is 4.79 Å². The topological polar surface area (TPSA) is 42.4 Å². The third-order valence-electron chi connectivity index (χ3n) is 4.79. The molecule has 0 aliphatic carbocycles. The Morgan fingerprint density at radius 3 is 2.61 bits per heavy atom. The first kappa shape index (κ1) is 23.5. The molecule has 6 heteroatoms. The van der Waals surface area contributed by atoms with Gasteiger partial charge in [0.2, 0.25) is 0 Å². The molecule has 0 saturated carbocycles. The summed E-state index contributed by atoms with van der Waals surface area (Å²) < 4.78 is 6.96. The first-order valence-corrected chi connectivity index (χ1v) is 12.2. The molecule has 0 N–H and O–H groups in total. The summed E-state index contributed by atoms with van der Waals surface area (Å²) in [7, 11) is 0. The molecular formula is C25H29BrN2O2S. The number of halogens is 1. The van der Waals surface area contributed by atoms with Crippen LogP contribution in [0.4, 0.5) is 0 Å². The van der Waals surface area contributed by atoms with Crippen molar-refractivity contribution < 1.29 is 9.53 Å². The molecule has 0 unspecified atom stereocenters. The maximum atomic E-state index is 13.1. The molecule has 0 saturated heterocycles. The number of amides is 1. The fourth-order valence-corrected chi connectivity index (χ4v) is 4.47. The standard InChI is InChI=1S/C25H29BrN2O2S/c1-17(2)13-28(25(29)19-8-7-9-20(26)12-19)14-21-16-31-24(27-21)15-30-23-11-6-5-10-22(23)18(3)4/h5-12,16-18H,13-15H2,1-4H3. The lowest BCUT2D eigenvalue weighted by molar-refractivity contribution is 0.0720. The summed E-state index contributed by atoms with van der Waals surface area (Å²) in [6, 6.07) is 15.7. The maximum absolute atomic E-state index is 13.1. The van der Waals surface area contributed by atoms with Crippen LogP contribution in [0.15, 0.2) is 58.4 Å². The van der Waals surface area contributed by atoms with Crippen molar-refractivity contribution >= 4 is 33.2 Å². The van der Waals surface area contributed by atoms with Crippen molar-refractivity contribution in [2.45, 2.75) is 46.8 Å². The minimum Gasteiger partial charge on any atom is -0.486 e. The van der Waals surface area contributed by atoms with Crippen LogP contribution in [0.25, 0.3) is 0 Å². The summed E-state index contributed by atoms with van der Waals surface area (Å²) in [6.45, 7) is 10.2. The van der Waals surface area contributed by atoms with Crippen LogP contribution in [0.5, 0.6) is 5.75 Å². The highest BCUT2D eigenvalue weighted by molar-refractivity contribution is 9.10. The highest BCUT2D eigenvalue weighted by Gasteiger charge is 2.19. The third-order valence-corrected chi connectivity index (χ3v) is 6.15. The number of carbonyl (C=O) groups excluding carboxylic acids is 1. The summed E-state index contributed by atoms with van der Waals surface area (Å²) in [5.74, 6) is 1.69. The minimum absolute atomic E-state index is 0.0201. The molecule has 4 nitrogen and oxygen atoms in total. The van der Waals surface area contributed by atoms with Crippen molar-refractivity contribution in [3.8, 4) is 5.75 Å². The van der Waals surface area contributed by atoms with Crippen molar-refractivity contribution in [2.75, 3.05) is 6.54 Å². The molecule has 164 valence electrons. The number of rotatable bonds is 9. The molecule has 31 heavy (non-hydrogen) atoms. The maximum Gasteiger partial charge on any atom is 0.254 e. The number of para-hydroxylation sites is 1. The van der Waals surface area contributed by atoms with Gasteiger partial charge in [-0.25, -0.2) is 4.98 Å². The van der Waals surface area contributed by atoms with E-state index in [9.17, 15) is 4.79 Å². The predicted molar refractivity (Wildman–Crippen MR) is 131 cm³/mol. The number of aromatic nitrogens is 1. The van der Waals surface area contributed by atoms with E-state index in [1.54, 1.807) is 11.3 Å². The van der Waals surface area contributed by atoms with Crippen molar-refractivity contribution in [3.63, 3.8) is 0 Å². The van der Waals surface area contributed by atoms with Gasteiger partial charge in [0.15, 0.2) is 0 Å². The van der Waals surface area contributed by atoms with Crippen LogP contribution in [0.2, 0.25) is 0 Å². The molecule has 3 aromatic rings. The zero-order valence-corrected chi connectivity index (χ0v) is 20.9. The Bertz CT molecular complexity index is 1020. The van der Waals surface area contributed by atoms with E-state index < -0.39 is 0 Å². The predicted octanol–water partition coefficient (Wildman–Crippen LogP) is 6.91. The fraction of sp³-hybridized carbons (Fsp3) is 0.360. The largest absolute Gasteiger partial charge is 0.486 e. The lowest BCUT2D eigenvalue weighted by Gasteiger charge is -2.24. The number of nitrogens with zero attached hydrogens (tertiary/aromatic N) is 2. The van der Waals surface area contributed by atoms with Gasteiger partial charge in [0, 0.05) is 22.0 Å². The number of thiazole rings is 1. The number of hydrogen-bond acceptors (Lipinski definition) is 4. The van der Waals surface area contributed by atoms with Gasteiger partial charge in [-0.2, -0.15) is 0 Å². The first-order chi connectivity index (χ1) is 14.8. The van der Waals surface area contributed by atoms with Crippen molar-refractivity contribution in [1.29, 1.82) is 0 Å². The van der Waals surface area contributed by atoms with E-state index in [4.69, 9.17) is 9.72 Å². The smallest absolute Gasteiger partial charge is 0.254 e. The second-order valence-electron chi connectivity index (χ2n) is 8.30. The van der Waals surface area contributed by atoms with Gasteiger partial charge in [0.25, 0.3) is 5.91 Å². The van der Waals surface area contributed by atoms with Crippen LogP contribution in [0.3, 0.4) is 0 Å². The molecule has 1 aromatic heterocycles. The number of ether oxygens (including phenoxy) is 1. The van der Waals surface area contributed by atoms with Crippen LogP contribution in [0, 0.1) is 5.92 Å². The summed E-state index contributed by atoms with van der Waals surface area (Å²) in [5.41, 5.74) is 2.77. The Morgan fingerprint density at radius 2 is 1.90 bits per heavy atom. The Hall–Kier alpha value is -2.18. The van der Waals surface area contributed by atoms with Gasteiger partial charge in [-0.1, -0.05) is 67.9 Å². The summed E-state index contributed by atoms with van der Waals surface area (Å²) in [4.78, 5) is 19.7. The summed E-state index contributed by atoms with van der Waals surface area (Å²) in [5, 5.41) is 2.93. The molecule has 0 aliphatic heterocycles. The molecule has 2 aromatic carbocycles. The lowest BCUT2D eigenvalue weighted by Crippen LogP contribution is -2.33. The number of hydrogen-bond donors (Lipinski definition) is 0. The Morgan fingerprint density at radius 1 is 1.13 bits per heavy atom. The van der Waals surface area contributed by atoms with E-state index in [-0.39, 0.29) is 5.91 Å². The Labute approximate surface area is 197 Å². The van der Waals surface area contributed by atoms with Gasteiger partial charge in [-0.05, 0) is 41.7 Å². The van der Waals surface area contributed by atoms with E-state index in [2.05, 4.69) is 49.7 Å². The molecule has 0 radical (unpaired) electrons. The van der Waals surface area contributed by atoms with Crippen molar-refractivity contribution in [3.05, 3.63) is 80.2 Å². The average molecular weight is 501 g/mol. The molecular weight excluding hydrogens is 472 g/mol. The van der Waals surface area contributed by atoms with Gasteiger partial charge in [0.1, 0.15) is 17.4 Å². The molecule has 0 spiro atoms. The fourth-order valence-electron chi connectivity index (χ4n) is 3.38. The van der Waals surface area contributed by atoms with Crippen LogP contribution in [-0.2, 0) is 13.2 Å². The second-order valence-corrected chi connectivity index (χ2v) is 10.2. The third kappa shape index (κ3) is 6.65. The van der Waals surface area contributed by atoms with Crippen LogP contribution in [-0.4, -0.2) is 22.3 Å². The second kappa shape index (κ2) is 10.9. The van der Waals surface area contributed by atoms with Gasteiger partial charge < -0.3 is 9.64 Å². The quantitative estimate of drug-likeness (QED) is 0.320. The molecule has 0 atom stereocenters. The van der Waals surface area contributed by atoms with E-state index in [0.29, 0.717) is 37.1 Å². The van der Waals surface area contributed by atoms with Gasteiger partial charge >= 0.3 is 0 Å². The monoisotopic (exact) mass is 500 g/mol. The zero-order chi connectivity index (χ0) is 22.4. The highest BCUT2D eigenvalue weighted by atomic mass is 79.9. The molecule has 3 rings (SSSR count). The van der Waals surface area contributed by atoms with Crippen LogP contribution in [0.1, 0.15) is 60.2 Å². The van der Waals surface area contributed by atoms with Gasteiger partial charge in [0.05, 0.1) is 12.2 Å². The lowest BCUT2D eigenvalue weighted by atomic mass is 10.0. The van der Waals surface area contributed by atoms with E-state index in [1.807, 2.05) is 52.7 Å². The highest BCUT2D eigenvalue weighted by Crippen LogP contribution is 2.27. The number of carbonyl (C=O) groups is 1. The molecule has 1 amide bonds. The first-order valence-electron chi connectivity index (χ1n) is 10.5. The zero-order valence-electron chi connectivity index (χ0n) is 18.5. The van der Waals surface area contributed by atoms with Crippen LogP contribution >= 0.6 is 27.3 Å². The summed E-state index contributed by atoms with van der Waals surface area (Å²) in [6.07, 6.45) is 0. The van der Waals surface area contributed by atoms with Gasteiger partial charge in [-0.15, -0.1) is 11.3 Å². The molecule has 0 aliphatic rings. The van der Waals surface area contributed by atoms with Crippen molar-refractivity contribution in [1.82, 2.24) is 9.88 Å².